The van der Waals surface area contributed by atoms with Crippen LogP contribution in [0.3, 0.4) is 0 Å². The molecule has 1 aliphatic carbocycles. The summed E-state index contributed by atoms with van der Waals surface area (Å²) in [5.74, 6) is 2.87. The van der Waals surface area contributed by atoms with Crippen molar-refractivity contribution in [1.82, 2.24) is 15.8 Å². The Hall–Kier alpha value is -0.830. The highest BCUT2D eigenvalue weighted by Gasteiger charge is 2.20. The van der Waals surface area contributed by atoms with E-state index in [2.05, 4.69) is 34.6 Å². The lowest BCUT2D eigenvalue weighted by Gasteiger charge is -2.10. The molecular formula is C17H31IN4O2. The van der Waals surface area contributed by atoms with Crippen LogP contribution in [-0.4, -0.2) is 37.9 Å². The minimum atomic E-state index is 0. The van der Waals surface area contributed by atoms with E-state index in [0.717, 1.165) is 49.3 Å². The number of aliphatic imine (C=N–C) groups is 1. The van der Waals surface area contributed by atoms with Crippen LogP contribution in [0.2, 0.25) is 0 Å². The molecule has 24 heavy (non-hydrogen) atoms. The molecule has 2 rings (SSSR count). The number of rotatable bonds is 10. The molecule has 1 saturated carbocycles. The largest absolute Gasteiger partial charge is 0.379 e. The summed E-state index contributed by atoms with van der Waals surface area (Å²) in [5, 5.41) is 10.6. The van der Waals surface area contributed by atoms with E-state index in [9.17, 15) is 0 Å². The maximum absolute atomic E-state index is 5.60. The number of guanidine groups is 1. The predicted molar refractivity (Wildman–Crippen MR) is 107 cm³/mol. The Morgan fingerprint density at radius 3 is 2.75 bits per heavy atom. The van der Waals surface area contributed by atoms with E-state index in [0.29, 0.717) is 19.1 Å². The summed E-state index contributed by atoms with van der Waals surface area (Å²) in [6.45, 7) is 7.29. The van der Waals surface area contributed by atoms with Crippen molar-refractivity contribution in [2.45, 2.75) is 52.0 Å². The molecule has 1 aromatic rings. The second kappa shape index (κ2) is 11.7. The van der Waals surface area contributed by atoms with Gasteiger partial charge < -0.3 is 19.9 Å². The van der Waals surface area contributed by atoms with Gasteiger partial charge in [0.25, 0.3) is 0 Å². The molecule has 7 heteroatoms. The van der Waals surface area contributed by atoms with Crippen LogP contribution in [0.4, 0.5) is 0 Å². The molecule has 6 nitrogen and oxygen atoms in total. The lowest BCUT2D eigenvalue weighted by molar-refractivity contribution is 0.129. The van der Waals surface area contributed by atoms with E-state index in [-0.39, 0.29) is 24.0 Å². The molecule has 1 aromatic heterocycles. The van der Waals surface area contributed by atoms with Crippen LogP contribution >= 0.6 is 24.0 Å². The smallest absolute Gasteiger partial charge is 0.191 e. The van der Waals surface area contributed by atoms with E-state index in [1.807, 2.05) is 6.07 Å². The fraction of sp³-hybridized carbons (Fsp3) is 0.765. The molecule has 0 atom stereocenters. The Labute approximate surface area is 162 Å². The van der Waals surface area contributed by atoms with Crippen molar-refractivity contribution in [3.63, 3.8) is 0 Å². The maximum atomic E-state index is 5.60. The van der Waals surface area contributed by atoms with E-state index in [4.69, 9.17) is 9.26 Å². The van der Waals surface area contributed by atoms with Gasteiger partial charge in [-0.3, -0.25) is 4.99 Å². The molecule has 1 aliphatic rings. The summed E-state index contributed by atoms with van der Waals surface area (Å²) >= 11 is 0. The molecule has 0 spiro atoms. The quantitative estimate of drug-likeness (QED) is 0.248. The van der Waals surface area contributed by atoms with Crippen LogP contribution < -0.4 is 10.6 Å². The van der Waals surface area contributed by atoms with Gasteiger partial charge in [-0.2, -0.15) is 0 Å². The van der Waals surface area contributed by atoms with Crippen LogP contribution in [0.25, 0.3) is 0 Å². The number of halogens is 1. The van der Waals surface area contributed by atoms with Crippen molar-refractivity contribution < 1.29 is 9.26 Å². The van der Waals surface area contributed by atoms with Gasteiger partial charge in [0.1, 0.15) is 0 Å². The van der Waals surface area contributed by atoms with Crippen LogP contribution in [0.1, 0.15) is 56.9 Å². The van der Waals surface area contributed by atoms with Crippen molar-refractivity contribution in [2.24, 2.45) is 10.9 Å². The van der Waals surface area contributed by atoms with Crippen molar-refractivity contribution >= 4 is 29.9 Å². The zero-order valence-electron chi connectivity index (χ0n) is 15.0. The lowest BCUT2D eigenvalue weighted by atomic mass is 9.99. The molecule has 0 saturated heterocycles. The molecule has 0 bridgehead atoms. The predicted octanol–water partition coefficient (Wildman–Crippen LogP) is 3.29. The zero-order valence-corrected chi connectivity index (χ0v) is 17.3. The van der Waals surface area contributed by atoms with Crippen molar-refractivity contribution in [1.29, 1.82) is 0 Å². The van der Waals surface area contributed by atoms with Gasteiger partial charge in [-0.25, -0.2) is 0 Å². The number of aromatic nitrogens is 1. The third kappa shape index (κ3) is 7.38. The van der Waals surface area contributed by atoms with Crippen LogP contribution in [0.15, 0.2) is 15.6 Å². The first-order valence-corrected chi connectivity index (χ1v) is 8.74. The Morgan fingerprint density at radius 1 is 1.38 bits per heavy atom. The molecular weight excluding hydrogens is 419 g/mol. The first-order valence-electron chi connectivity index (χ1n) is 8.74. The highest BCUT2D eigenvalue weighted by Crippen LogP contribution is 2.28. The average Bonchev–Trinajstić information content (AvgIpc) is 3.28. The van der Waals surface area contributed by atoms with E-state index in [1.54, 1.807) is 7.05 Å². The van der Waals surface area contributed by atoms with Crippen LogP contribution in [0.5, 0.6) is 0 Å². The number of hydrogen-bond donors (Lipinski definition) is 2. The first kappa shape index (κ1) is 21.2. The summed E-state index contributed by atoms with van der Waals surface area (Å²) in [4.78, 5) is 4.20. The second-order valence-corrected chi connectivity index (χ2v) is 6.10. The van der Waals surface area contributed by atoms with Crippen molar-refractivity contribution in [3.05, 3.63) is 17.5 Å². The number of nitrogens with one attached hydrogen (secondary N) is 2. The summed E-state index contributed by atoms with van der Waals surface area (Å²) in [7, 11) is 1.76. The van der Waals surface area contributed by atoms with Crippen molar-refractivity contribution in [2.75, 3.05) is 26.8 Å². The Kier molecular flexibility index (Phi) is 10.3. The number of nitrogens with zero attached hydrogens (tertiary/aromatic N) is 2. The zero-order chi connectivity index (χ0) is 16.5. The Bertz CT molecular complexity index is 485. The first-order chi connectivity index (χ1) is 11.3. The second-order valence-electron chi connectivity index (χ2n) is 6.10. The molecule has 0 amide bonds. The molecule has 0 aromatic carbocycles. The molecule has 0 unspecified atom stereocenters. The normalized spacial score (nSPS) is 14.6. The van der Waals surface area contributed by atoms with Gasteiger partial charge >= 0.3 is 0 Å². The Balaban J connectivity index is 0.00000288. The molecule has 0 radical (unpaired) electrons. The van der Waals surface area contributed by atoms with Gasteiger partial charge in [0.15, 0.2) is 11.7 Å². The van der Waals surface area contributed by atoms with Gasteiger partial charge in [-0.1, -0.05) is 19.0 Å². The third-order valence-corrected chi connectivity index (χ3v) is 4.22. The fourth-order valence-corrected chi connectivity index (χ4v) is 2.48. The molecule has 138 valence electrons. The standard InChI is InChI=1S/C17H30N4O2.HI/c1-4-14(5-2)16-10-15(23-21-16)11-20-17(18-3)19-8-9-22-12-13-6-7-13;/h10,13-14H,4-9,11-12H2,1-3H3,(H2,18,19,20);1H. The number of ether oxygens (including phenoxy) is 1. The molecule has 1 fully saturated rings. The van der Waals surface area contributed by atoms with Gasteiger partial charge in [-0.05, 0) is 31.6 Å². The average molecular weight is 450 g/mol. The SMILES string of the molecule is CCC(CC)c1cc(CNC(=NC)NCCOCC2CC2)on1.I. The summed E-state index contributed by atoms with van der Waals surface area (Å²) in [6, 6.07) is 2.04. The van der Waals surface area contributed by atoms with Gasteiger partial charge in [0, 0.05) is 32.2 Å². The minimum absolute atomic E-state index is 0. The van der Waals surface area contributed by atoms with E-state index < -0.39 is 0 Å². The molecule has 0 aliphatic heterocycles. The lowest BCUT2D eigenvalue weighted by Crippen LogP contribution is -2.38. The minimum Gasteiger partial charge on any atom is -0.379 e. The van der Waals surface area contributed by atoms with Crippen LogP contribution in [-0.2, 0) is 11.3 Å². The van der Waals surface area contributed by atoms with E-state index >= 15 is 0 Å². The van der Waals surface area contributed by atoms with Gasteiger partial charge in [0.05, 0.1) is 18.8 Å². The van der Waals surface area contributed by atoms with Crippen molar-refractivity contribution in [3.8, 4) is 0 Å². The van der Waals surface area contributed by atoms with E-state index in [1.165, 1.54) is 12.8 Å². The number of hydrogen-bond acceptors (Lipinski definition) is 4. The monoisotopic (exact) mass is 450 g/mol. The highest BCUT2D eigenvalue weighted by molar-refractivity contribution is 14.0. The Morgan fingerprint density at radius 2 is 2.12 bits per heavy atom. The fourth-order valence-electron chi connectivity index (χ4n) is 2.48. The maximum Gasteiger partial charge on any atom is 0.191 e. The topological polar surface area (TPSA) is 71.7 Å². The van der Waals surface area contributed by atoms with Crippen LogP contribution in [0, 0.1) is 5.92 Å². The highest BCUT2D eigenvalue weighted by atomic mass is 127. The summed E-state index contributed by atoms with van der Waals surface area (Å²) < 4.78 is 11.0. The van der Waals surface area contributed by atoms with Gasteiger partial charge in [0.2, 0.25) is 0 Å². The summed E-state index contributed by atoms with van der Waals surface area (Å²) in [5.41, 5.74) is 1.04. The molecule has 2 N–H and O–H groups in total. The summed E-state index contributed by atoms with van der Waals surface area (Å²) in [6.07, 6.45) is 4.82. The van der Waals surface area contributed by atoms with Gasteiger partial charge in [-0.15, -0.1) is 24.0 Å². The molecule has 1 heterocycles. The third-order valence-electron chi connectivity index (χ3n) is 4.22.